The number of hydrogen-bond acceptors (Lipinski definition) is 5. The molecule has 1 aliphatic heterocycles. The third-order valence-corrected chi connectivity index (χ3v) is 8.58. The van der Waals surface area contributed by atoms with Crippen molar-refractivity contribution in [2.45, 2.75) is 125 Å². The highest BCUT2D eigenvalue weighted by molar-refractivity contribution is 5.97. The zero-order valence-corrected chi connectivity index (χ0v) is 26.9. The number of likely N-dealkylation sites (tertiary alicyclic amines) is 1. The molecule has 0 spiro atoms. The number of aliphatic hydroxyl groups excluding tert-OH is 1. The van der Waals surface area contributed by atoms with E-state index in [0.717, 1.165) is 37.0 Å². The molecule has 6 heteroatoms. The number of carbonyl (C=O) groups is 2. The van der Waals surface area contributed by atoms with Gasteiger partial charge in [-0.3, -0.25) is 4.79 Å². The minimum Gasteiger partial charge on any atom is -0.491 e. The van der Waals surface area contributed by atoms with Crippen LogP contribution in [0, 0.1) is 19.3 Å². The maximum absolute atomic E-state index is 12.5. The number of nitrogens with zero attached hydrogens (tertiary/aromatic N) is 1. The third kappa shape index (κ3) is 7.51. The number of β-lactam (4-membered cyclic amide) rings is 1. The first-order valence-corrected chi connectivity index (χ1v) is 15.1. The van der Waals surface area contributed by atoms with Crippen LogP contribution in [0.5, 0.6) is 5.75 Å². The topological polar surface area (TPSA) is 76.1 Å². The second kappa shape index (κ2) is 12.6. The summed E-state index contributed by atoms with van der Waals surface area (Å²) in [6, 6.07) is 12.9. The Morgan fingerprint density at radius 3 is 2.05 bits per heavy atom. The van der Waals surface area contributed by atoms with Gasteiger partial charge in [-0.25, -0.2) is 9.69 Å². The molecule has 1 fully saturated rings. The van der Waals surface area contributed by atoms with E-state index in [9.17, 15) is 14.7 Å². The zero-order valence-electron chi connectivity index (χ0n) is 26.9. The first-order valence-electron chi connectivity index (χ1n) is 15.1. The van der Waals surface area contributed by atoms with Crippen molar-refractivity contribution < 1.29 is 24.2 Å². The molecule has 3 rings (SSSR count). The Morgan fingerprint density at radius 2 is 1.56 bits per heavy atom. The highest BCUT2D eigenvalue weighted by atomic mass is 16.6. The molecule has 1 N–H and O–H groups in total. The van der Waals surface area contributed by atoms with Crippen molar-refractivity contribution in [3.63, 3.8) is 0 Å². The molecule has 1 unspecified atom stereocenters. The minimum atomic E-state index is -0.663. The largest absolute Gasteiger partial charge is 0.491 e. The van der Waals surface area contributed by atoms with Gasteiger partial charge in [-0.2, -0.15) is 0 Å². The van der Waals surface area contributed by atoms with Crippen LogP contribution in [-0.2, 0) is 21.4 Å². The number of ether oxygens (including phenoxy) is 2. The van der Waals surface area contributed by atoms with Crippen molar-refractivity contribution in [2.75, 3.05) is 6.61 Å². The fraction of sp³-hybridized carbons (Fsp3) is 0.600. The standard InChI is InChI=1S/C35H51NO5/c1-11-35(12-2,26-15-13-25(23(3)19-26)14-18-30(37)33(5,6)7)27-16-17-29(24(4)20-27)40-22-28-21-31(38)36(28)32(39)41-34(8,9)10/h13,15-17,19-20,28,30,37H,11-12,14,18,21-22H2,1-10H3/t28-,30?/m0/s1. The van der Waals surface area contributed by atoms with Gasteiger partial charge in [0.25, 0.3) is 0 Å². The Bertz CT molecular complexity index is 1230. The first-order chi connectivity index (χ1) is 19.0. The van der Waals surface area contributed by atoms with E-state index in [1.807, 2.05) is 13.0 Å². The first kappa shape index (κ1) is 32.7. The van der Waals surface area contributed by atoms with Crippen LogP contribution in [-0.4, -0.2) is 46.4 Å². The van der Waals surface area contributed by atoms with Gasteiger partial charge in [0.05, 0.1) is 18.6 Å². The normalized spacial score (nSPS) is 16.8. The summed E-state index contributed by atoms with van der Waals surface area (Å²) in [5, 5.41) is 10.5. The number of aliphatic hydroxyl groups is 1. The maximum atomic E-state index is 12.5. The average Bonchev–Trinajstić information content (AvgIpc) is 2.85. The van der Waals surface area contributed by atoms with E-state index in [1.165, 1.54) is 27.2 Å². The lowest BCUT2D eigenvalue weighted by molar-refractivity contribution is -0.145. The highest BCUT2D eigenvalue weighted by Gasteiger charge is 2.43. The van der Waals surface area contributed by atoms with Gasteiger partial charge in [0.1, 0.15) is 18.0 Å². The van der Waals surface area contributed by atoms with Crippen LogP contribution in [0.15, 0.2) is 36.4 Å². The van der Waals surface area contributed by atoms with E-state index in [4.69, 9.17) is 9.47 Å². The highest BCUT2D eigenvalue weighted by Crippen LogP contribution is 2.41. The van der Waals surface area contributed by atoms with Gasteiger partial charge in [-0.15, -0.1) is 0 Å². The number of amides is 2. The molecule has 0 bridgehead atoms. The number of aryl methyl sites for hydroxylation is 3. The summed E-state index contributed by atoms with van der Waals surface area (Å²) in [5.74, 6) is 0.518. The maximum Gasteiger partial charge on any atom is 0.417 e. The van der Waals surface area contributed by atoms with Gasteiger partial charge in [0.2, 0.25) is 5.91 Å². The molecule has 1 saturated heterocycles. The van der Waals surface area contributed by atoms with E-state index >= 15 is 0 Å². The molecule has 2 aromatic rings. The summed E-state index contributed by atoms with van der Waals surface area (Å²) in [4.78, 5) is 25.7. The van der Waals surface area contributed by atoms with Gasteiger partial charge in [0, 0.05) is 5.41 Å². The quantitative estimate of drug-likeness (QED) is 0.299. The summed E-state index contributed by atoms with van der Waals surface area (Å²) in [6.07, 6.45) is 2.85. The molecule has 0 aromatic heterocycles. The zero-order chi connectivity index (χ0) is 30.8. The van der Waals surface area contributed by atoms with Gasteiger partial charge in [-0.1, -0.05) is 65.0 Å². The summed E-state index contributed by atoms with van der Waals surface area (Å²) in [5.41, 5.74) is 5.20. The Labute approximate surface area is 247 Å². The lowest BCUT2D eigenvalue weighted by Gasteiger charge is -2.39. The average molecular weight is 566 g/mol. The molecule has 2 aromatic carbocycles. The number of carbonyl (C=O) groups excluding carboxylic acids is 2. The van der Waals surface area contributed by atoms with E-state index in [1.54, 1.807) is 20.8 Å². The molecule has 226 valence electrons. The van der Waals surface area contributed by atoms with Crippen molar-refractivity contribution in [2.24, 2.45) is 5.41 Å². The fourth-order valence-corrected chi connectivity index (χ4v) is 5.71. The molecule has 6 nitrogen and oxygen atoms in total. The Balaban J connectivity index is 1.76. The van der Waals surface area contributed by atoms with E-state index in [2.05, 4.69) is 71.9 Å². The van der Waals surface area contributed by atoms with Crippen LogP contribution in [0.4, 0.5) is 4.79 Å². The molecule has 0 radical (unpaired) electrons. The van der Waals surface area contributed by atoms with Crippen LogP contribution in [0.2, 0.25) is 0 Å². The van der Waals surface area contributed by atoms with E-state index in [-0.39, 0.29) is 41.9 Å². The lowest BCUT2D eigenvalue weighted by Crippen LogP contribution is -2.59. The molecular formula is C35H51NO5. The van der Waals surface area contributed by atoms with Crippen LogP contribution < -0.4 is 4.74 Å². The molecule has 41 heavy (non-hydrogen) atoms. The predicted molar refractivity (Wildman–Crippen MR) is 164 cm³/mol. The second-order valence-corrected chi connectivity index (χ2v) is 13.7. The number of rotatable bonds is 10. The Kier molecular flexibility index (Phi) is 10.0. The van der Waals surface area contributed by atoms with E-state index in [0.29, 0.717) is 0 Å². The SMILES string of the molecule is CCC(CC)(c1ccc(CCC(O)C(C)(C)C)c(C)c1)c1ccc(OC[C@@H]2CC(=O)N2C(=O)OC(C)(C)C)c(C)c1. The molecular weight excluding hydrogens is 514 g/mol. The number of benzene rings is 2. The monoisotopic (exact) mass is 565 g/mol. The fourth-order valence-electron chi connectivity index (χ4n) is 5.71. The van der Waals surface area contributed by atoms with Crippen molar-refractivity contribution in [1.82, 2.24) is 4.90 Å². The molecule has 0 aliphatic carbocycles. The van der Waals surface area contributed by atoms with Gasteiger partial charge in [0.15, 0.2) is 0 Å². The van der Waals surface area contributed by atoms with Gasteiger partial charge >= 0.3 is 6.09 Å². The molecule has 1 heterocycles. The van der Waals surface area contributed by atoms with Crippen LogP contribution in [0.3, 0.4) is 0 Å². The van der Waals surface area contributed by atoms with Crippen molar-refractivity contribution in [1.29, 1.82) is 0 Å². The summed E-state index contributed by atoms with van der Waals surface area (Å²) >= 11 is 0. The minimum absolute atomic E-state index is 0.117. The smallest absolute Gasteiger partial charge is 0.417 e. The molecule has 0 saturated carbocycles. The van der Waals surface area contributed by atoms with Crippen LogP contribution >= 0.6 is 0 Å². The van der Waals surface area contributed by atoms with Crippen LogP contribution in [0.1, 0.15) is 109 Å². The Morgan fingerprint density at radius 1 is 0.976 bits per heavy atom. The van der Waals surface area contributed by atoms with Crippen molar-refractivity contribution >= 4 is 12.0 Å². The summed E-state index contributed by atoms with van der Waals surface area (Å²) in [6.45, 7) is 20.5. The van der Waals surface area contributed by atoms with Gasteiger partial charge < -0.3 is 14.6 Å². The number of hydrogen-bond donors (Lipinski definition) is 1. The van der Waals surface area contributed by atoms with Gasteiger partial charge in [-0.05, 0) is 99.6 Å². The third-order valence-electron chi connectivity index (χ3n) is 8.58. The molecule has 2 amide bonds. The lowest BCUT2D eigenvalue weighted by atomic mass is 9.69. The molecule has 2 atom stereocenters. The second-order valence-electron chi connectivity index (χ2n) is 13.7. The van der Waals surface area contributed by atoms with Crippen LogP contribution in [0.25, 0.3) is 0 Å². The number of imide groups is 1. The summed E-state index contributed by atoms with van der Waals surface area (Å²) < 4.78 is 11.5. The molecule has 1 aliphatic rings. The summed E-state index contributed by atoms with van der Waals surface area (Å²) in [7, 11) is 0. The van der Waals surface area contributed by atoms with E-state index < -0.39 is 11.7 Å². The van der Waals surface area contributed by atoms with Crippen molar-refractivity contribution in [3.8, 4) is 5.75 Å². The predicted octanol–water partition coefficient (Wildman–Crippen LogP) is 7.66. The van der Waals surface area contributed by atoms with Crippen molar-refractivity contribution in [3.05, 3.63) is 64.2 Å². The Hall–Kier alpha value is -2.86.